The molecule has 1 aromatic heterocycles. The molecular formula is C14H17Cl2N3O3S. The predicted molar refractivity (Wildman–Crippen MR) is 94.4 cm³/mol. The highest BCUT2D eigenvalue weighted by Crippen LogP contribution is 2.36. The number of carbonyl (C=O) groups is 1. The molecule has 2 N–H and O–H groups in total. The lowest BCUT2D eigenvalue weighted by Gasteiger charge is -2.01. The Bertz CT molecular complexity index is 666. The highest BCUT2D eigenvalue weighted by atomic mass is 35.5. The number of halogens is 2. The number of carbonyl (C=O) groups excluding carboxylic acids is 1. The third-order valence-corrected chi connectivity index (χ3v) is 3.91. The van der Waals surface area contributed by atoms with Gasteiger partial charge in [-0.1, -0.05) is 0 Å². The van der Waals surface area contributed by atoms with Crippen molar-refractivity contribution in [2.45, 2.75) is 0 Å². The first-order chi connectivity index (χ1) is 10.3. The van der Waals surface area contributed by atoms with E-state index in [0.717, 1.165) is 22.9 Å². The maximum Gasteiger partial charge on any atom is 0.270 e. The van der Waals surface area contributed by atoms with Crippen LogP contribution in [0, 0.1) is 0 Å². The van der Waals surface area contributed by atoms with Gasteiger partial charge in [0.1, 0.15) is 10.7 Å². The summed E-state index contributed by atoms with van der Waals surface area (Å²) in [5.41, 5.74) is 1.35. The first-order valence-electron chi connectivity index (χ1n) is 6.56. The molecule has 0 saturated carbocycles. The number of nitrogens with one attached hydrogen (secondary N) is 2. The molecule has 2 aromatic rings. The number of fused-ring (bicyclic) bond motifs is 1. The summed E-state index contributed by atoms with van der Waals surface area (Å²) < 4.78 is 10.6. The monoisotopic (exact) mass is 377 g/mol. The van der Waals surface area contributed by atoms with E-state index in [9.17, 15) is 4.79 Å². The van der Waals surface area contributed by atoms with Gasteiger partial charge in [0, 0.05) is 24.0 Å². The summed E-state index contributed by atoms with van der Waals surface area (Å²) in [6.45, 7) is 1.55. The Kier molecular flexibility index (Phi) is 7.57. The largest absolute Gasteiger partial charge is 0.454 e. The molecule has 1 aliphatic rings. The fourth-order valence-electron chi connectivity index (χ4n) is 1.93. The molecule has 0 fully saturated rings. The summed E-state index contributed by atoms with van der Waals surface area (Å²) in [4.78, 5) is 16.3. The highest BCUT2D eigenvalue weighted by Gasteiger charge is 2.16. The molecule has 0 spiro atoms. The fraction of sp³-hybridized carbons (Fsp3) is 0.286. The van der Waals surface area contributed by atoms with Gasteiger partial charge in [0.25, 0.3) is 5.91 Å². The van der Waals surface area contributed by atoms with Crippen LogP contribution in [0.4, 0.5) is 0 Å². The molecule has 0 radical (unpaired) electrons. The Morgan fingerprint density at radius 1 is 1.26 bits per heavy atom. The Morgan fingerprint density at radius 2 is 2.04 bits per heavy atom. The number of hydrogen-bond donors (Lipinski definition) is 2. The number of ether oxygens (including phenoxy) is 2. The molecule has 0 aliphatic carbocycles. The second kappa shape index (κ2) is 8.93. The molecule has 9 heteroatoms. The lowest BCUT2D eigenvalue weighted by atomic mass is 10.2. The van der Waals surface area contributed by atoms with Gasteiger partial charge in [0.2, 0.25) is 6.79 Å². The smallest absolute Gasteiger partial charge is 0.270 e. The number of benzene rings is 1. The van der Waals surface area contributed by atoms with Crippen LogP contribution < -0.4 is 20.1 Å². The summed E-state index contributed by atoms with van der Waals surface area (Å²) in [5.74, 6) is 1.29. The van der Waals surface area contributed by atoms with Crippen molar-refractivity contribution in [2.24, 2.45) is 0 Å². The summed E-state index contributed by atoms with van der Waals surface area (Å²) in [7, 11) is 1.84. The molecule has 0 saturated heterocycles. The Labute approximate surface area is 150 Å². The van der Waals surface area contributed by atoms with E-state index in [1.54, 1.807) is 5.38 Å². The molecular weight excluding hydrogens is 361 g/mol. The topological polar surface area (TPSA) is 72.5 Å². The molecule has 6 nitrogen and oxygen atoms in total. The molecule has 23 heavy (non-hydrogen) atoms. The zero-order chi connectivity index (χ0) is 14.7. The van der Waals surface area contributed by atoms with E-state index >= 15 is 0 Å². The van der Waals surface area contributed by atoms with E-state index in [-0.39, 0.29) is 37.5 Å². The predicted octanol–water partition coefficient (Wildman–Crippen LogP) is 2.33. The minimum Gasteiger partial charge on any atom is -0.454 e. The number of aromatic nitrogens is 1. The average molecular weight is 378 g/mol. The number of hydrogen-bond acceptors (Lipinski definition) is 6. The van der Waals surface area contributed by atoms with Crippen molar-refractivity contribution in [3.05, 3.63) is 29.3 Å². The van der Waals surface area contributed by atoms with Crippen LogP contribution in [0.5, 0.6) is 11.5 Å². The first-order valence-corrected chi connectivity index (χ1v) is 7.44. The van der Waals surface area contributed by atoms with Gasteiger partial charge in [-0.2, -0.15) is 0 Å². The summed E-state index contributed by atoms with van der Waals surface area (Å²) in [6, 6.07) is 5.64. The van der Waals surface area contributed by atoms with E-state index in [1.165, 1.54) is 11.3 Å². The van der Waals surface area contributed by atoms with Gasteiger partial charge in [-0.25, -0.2) is 4.98 Å². The van der Waals surface area contributed by atoms with Crippen LogP contribution in [0.2, 0.25) is 0 Å². The van der Waals surface area contributed by atoms with E-state index in [1.807, 2.05) is 25.2 Å². The minimum atomic E-state index is -0.159. The lowest BCUT2D eigenvalue weighted by Crippen LogP contribution is -2.30. The standard InChI is InChI=1S/C14H15N3O3S.2ClH/c1-15-4-5-16-13(18)10-7-21-14(17-10)9-2-3-11-12(6-9)20-8-19-11;;/h2-3,6-7,15H,4-5,8H2,1H3,(H,16,18);2*1H. The van der Waals surface area contributed by atoms with Gasteiger partial charge >= 0.3 is 0 Å². The number of amides is 1. The average Bonchev–Trinajstić information content (AvgIpc) is 3.15. The van der Waals surface area contributed by atoms with Gasteiger partial charge in [0.15, 0.2) is 11.5 Å². The van der Waals surface area contributed by atoms with Gasteiger partial charge in [0.05, 0.1) is 0 Å². The molecule has 0 bridgehead atoms. The van der Waals surface area contributed by atoms with Crippen LogP contribution in [0.3, 0.4) is 0 Å². The minimum absolute atomic E-state index is 0. The van der Waals surface area contributed by atoms with E-state index in [0.29, 0.717) is 18.0 Å². The lowest BCUT2D eigenvalue weighted by molar-refractivity contribution is 0.0950. The molecule has 2 heterocycles. The molecule has 0 atom stereocenters. The number of thiazole rings is 1. The molecule has 0 unspecified atom stereocenters. The Hall–Kier alpha value is -1.54. The van der Waals surface area contributed by atoms with E-state index in [4.69, 9.17) is 9.47 Å². The maximum atomic E-state index is 11.9. The van der Waals surface area contributed by atoms with Crippen molar-refractivity contribution in [1.82, 2.24) is 15.6 Å². The summed E-state index contributed by atoms with van der Waals surface area (Å²) in [5, 5.41) is 8.32. The molecule has 1 amide bonds. The van der Waals surface area contributed by atoms with Crippen LogP contribution in [-0.4, -0.2) is 37.8 Å². The maximum absolute atomic E-state index is 11.9. The van der Waals surface area contributed by atoms with Crippen molar-refractivity contribution < 1.29 is 14.3 Å². The van der Waals surface area contributed by atoms with Crippen LogP contribution in [0.25, 0.3) is 10.6 Å². The van der Waals surface area contributed by atoms with E-state index in [2.05, 4.69) is 15.6 Å². The molecule has 126 valence electrons. The quantitative estimate of drug-likeness (QED) is 0.782. The van der Waals surface area contributed by atoms with Gasteiger partial charge in [-0.05, 0) is 25.2 Å². The zero-order valence-corrected chi connectivity index (χ0v) is 14.8. The van der Waals surface area contributed by atoms with Gasteiger partial charge < -0.3 is 20.1 Å². The van der Waals surface area contributed by atoms with E-state index < -0.39 is 0 Å². The molecule has 1 aromatic carbocycles. The van der Waals surface area contributed by atoms with Crippen molar-refractivity contribution in [1.29, 1.82) is 0 Å². The number of rotatable bonds is 5. The second-order valence-electron chi connectivity index (χ2n) is 4.47. The third-order valence-electron chi connectivity index (χ3n) is 3.02. The zero-order valence-electron chi connectivity index (χ0n) is 12.3. The van der Waals surface area contributed by atoms with Gasteiger partial charge in [-0.3, -0.25) is 4.79 Å². The Balaban J connectivity index is 0.00000132. The number of likely N-dealkylation sites (N-methyl/N-ethyl adjacent to an activating group) is 1. The second-order valence-corrected chi connectivity index (χ2v) is 5.32. The highest BCUT2D eigenvalue weighted by molar-refractivity contribution is 7.13. The van der Waals surface area contributed by atoms with Crippen LogP contribution >= 0.6 is 36.2 Å². The fourth-order valence-corrected chi connectivity index (χ4v) is 2.73. The molecule has 1 aliphatic heterocycles. The van der Waals surface area contributed by atoms with Crippen molar-refractivity contribution in [2.75, 3.05) is 26.9 Å². The van der Waals surface area contributed by atoms with Crippen LogP contribution in [-0.2, 0) is 0 Å². The van der Waals surface area contributed by atoms with Crippen molar-refractivity contribution in [3.8, 4) is 22.1 Å². The third kappa shape index (κ3) is 4.48. The SMILES string of the molecule is CNCCNC(=O)c1csc(-c2ccc3c(c2)OCO3)n1.Cl.Cl. The first kappa shape index (κ1) is 19.5. The van der Waals surface area contributed by atoms with Crippen LogP contribution in [0.1, 0.15) is 10.5 Å². The van der Waals surface area contributed by atoms with Crippen molar-refractivity contribution >= 4 is 42.1 Å². The number of nitrogens with zero attached hydrogens (tertiary/aromatic N) is 1. The molecule has 3 rings (SSSR count). The summed E-state index contributed by atoms with van der Waals surface area (Å²) in [6.07, 6.45) is 0. The van der Waals surface area contributed by atoms with Gasteiger partial charge in [-0.15, -0.1) is 36.2 Å². The van der Waals surface area contributed by atoms with Crippen molar-refractivity contribution in [3.63, 3.8) is 0 Å². The summed E-state index contributed by atoms with van der Waals surface area (Å²) >= 11 is 1.43. The Morgan fingerprint density at radius 3 is 2.83 bits per heavy atom. The normalized spacial score (nSPS) is 11.3. The van der Waals surface area contributed by atoms with Crippen LogP contribution in [0.15, 0.2) is 23.6 Å².